The van der Waals surface area contributed by atoms with Crippen LogP contribution in [0.2, 0.25) is 0 Å². The maximum absolute atomic E-state index is 14.0. The molecule has 96 valence electrons. The Morgan fingerprint density at radius 2 is 2.00 bits per heavy atom. The Morgan fingerprint density at radius 3 is 2.56 bits per heavy atom. The Labute approximate surface area is 106 Å². The summed E-state index contributed by atoms with van der Waals surface area (Å²) >= 11 is 0. The fourth-order valence-corrected chi connectivity index (χ4v) is 2.79. The highest BCUT2D eigenvalue weighted by Crippen LogP contribution is 2.31. The molecule has 2 saturated heterocycles. The number of benzene rings is 1. The Kier molecular flexibility index (Phi) is 2.82. The van der Waals surface area contributed by atoms with Gasteiger partial charge in [0.25, 0.3) is 0 Å². The van der Waals surface area contributed by atoms with Crippen LogP contribution in [0.4, 0.5) is 10.1 Å². The number of anilines is 1. The van der Waals surface area contributed by atoms with Crippen molar-refractivity contribution in [2.45, 2.75) is 32.0 Å². The molecule has 0 aromatic heterocycles. The molecule has 1 aromatic carbocycles. The van der Waals surface area contributed by atoms with Gasteiger partial charge < -0.3 is 9.64 Å². The summed E-state index contributed by atoms with van der Waals surface area (Å²) in [6.07, 6.45) is 2.59. The molecule has 2 unspecified atom stereocenters. The fraction of sp³-hybridized carbons (Fsp3) is 0.500. The second kappa shape index (κ2) is 4.35. The van der Waals surface area contributed by atoms with Crippen LogP contribution in [0.1, 0.15) is 30.1 Å². The summed E-state index contributed by atoms with van der Waals surface area (Å²) in [7, 11) is 0. The maximum Gasteiger partial charge on any atom is 0.159 e. The second-order valence-electron chi connectivity index (χ2n) is 5.08. The highest BCUT2D eigenvalue weighted by Gasteiger charge is 2.34. The van der Waals surface area contributed by atoms with Gasteiger partial charge in [0.2, 0.25) is 0 Å². The van der Waals surface area contributed by atoms with Crippen molar-refractivity contribution in [2.24, 2.45) is 0 Å². The molecule has 4 heteroatoms. The summed E-state index contributed by atoms with van der Waals surface area (Å²) in [4.78, 5) is 13.2. The lowest BCUT2D eigenvalue weighted by Crippen LogP contribution is -2.43. The van der Waals surface area contributed by atoms with Crippen molar-refractivity contribution in [3.63, 3.8) is 0 Å². The number of morpholine rings is 1. The third-order valence-corrected chi connectivity index (χ3v) is 3.74. The Bertz CT molecular complexity index is 477. The monoisotopic (exact) mass is 249 g/mol. The largest absolute Gasteiger partial charge is 0.371 e. The van der Waals surface area contributed by atoms with Crippen LogP contribution in [0, 0.1) is 5.82 Å². The number of carbonyl (C=O) groups is 1. The minimum atomic E-state index is -0.316. The molecule has 1 aromatic rings. The number of rotatable bonds is 2. The number of ketones is 1. The lowest BCUT2D eigenvalue weighted by molar-refractivity contribution is 0.0303. The normalized spacial score (nSPS) is 26.4. The number of fused-ring (bicyclic) bond motifs is 2. The lowest BCUT2D eigenvalue weighted by Gasteiger charge is -2.34. The van der Waals surface area contributed by atoms with Gasteiger partial charge in [-0.15, -0.1) is 0 Å². The third kappa shape index (κ3) is 2.01. The van der Waals surface area contributed by atoms with Crippen LogP contribution >= 0.6 is 0 Å². The van der Waals surface area contributed by atoms with Gasteiger partial charge in [0.15, 0.2) is 5.78 Å². The zero-order valence-corrected chi connectivity index (χ0v) is 10.4. The molecule has 2 fully saturated rings. The van der Waals surface area contributed by atoms with Crippen molar-refractivity contribution >= 4 is 11.5 Å². The molecule has 0 saturated carbocycles. The quantitative estimate of drug-likeness (QED) is 0.754. The molecule has 3 rings (SSSR count). The first-order chi connectivity index (χ1) is 8.63. The molecular weight excluding hydrogens is 233 g/mol. The zero-order chi connectivity index (χ0) is 12.7. The van der Waals surface area contributed by atoms with Crippen LogP contribution in [0.3, 0.4) is 0 Å². The molecule has 0 spiro atoms. The van der Waals surface area contributed by atoms with E-state index >= 15 is 0 Å². The van der Waals surface area contributed by atoms with Crippen LogP contribution in [0.25, 0.3) is 0 Å². The predicted molar refractivity (Wildman–Crippen MR) is 66.5 cm³/mol. The summed E-state index contributed by atoms with van der Waals surface area (Å²) < 4.78 is 19.8. The van der Waals surface area contributed by atoms with E-state index in [1.165, 1.54) is 13.0 Å². The molecule has 2 atom stereocenters. The minimum absolute atomic E-state index is 0.109. The lowest BCUT2D eigenvalue weighted by atomic mass is 10.1. The molecule has 2 aliphatic heterocycles. The molecule has 0 amide bonds. The van der Waals surface area contributed by atoms with Gasteiger partial charge in [0, 0.05) is 18.7 Å². The summed E-state index contributed by atoms with van der Waals surface area (Å²) in [5.41, 5.74) is 1.01. The van der Waals surface area contributed by atoms with Crippen LogP contribution in [-0.2, 0) is 4.74 Å². The van der Waals surface area contributed by atoms with Crippen LogP contribution < -0.4 is 4.90 Å². The first-order valence-electron chi connectivity index (χ1n) is 6.34. The van der Waals surface area contributed by atoms with Gasteiger partial charge >= 0.3 is 0 Å². The Hall–Kier alpha value is -1.42. The molecule has 2 heterocycles. The first kappa shape index (κ1) is 11.7. The number of carbonyl (C=O) groups excluding carboxylic acids is 1. The molecule has 2 aliphatic rings. The summed E-state index contributed by atoms with van der Waals surface area (Å²) in [5.74, 6) is -0.425. The number of ether oxygens (including phenoxy) is 1. The van der Waals surface area contributed by atoms with Gasteiger partial charge in [0.1, 0.15) is 5.82 Å². The van der Waals surface area contributed by atoms with Crippen molar-refractivity contribution in [1.82, 2.24) is 0 Å². The van der Waals surface area contributed by atoms with Crippen molar-refractivity contribution in [1.29, 1.82) is 0 Å². The van der Waals surface area contributed by atoms with E-state index in [1.54, 1.807) is 12.1 Å². The standard InChI is InChI=1S/C14H16FNO2/c1-9(17)10-2-5-14(13(15)6-10)16-7-11-3-4-12(8-16)18-11/h2,5-6,11-12H,3-4,7-8H2,1H3. The van der Waals surface area contributed by atoms with Crippen LogP contribution in [0.15, 0.2) is 18.2 Å². The van der Waals surface area contributed by atoms with Gasteiger partial charge in [-0.2, -0.15) is 0 Å². The van der Waals surface area contributed by atoms with Gasteiger partial charge in [-0.05, 0) is 38.0 Å². The van der Waals surface area contributed by atoms with E-state index < -0.39 is 0 Å². The molecule has 0 N–H and O–H groups in total. The average Bonchev–Trinajstić information content (AvgIpc) is 2.68. The minimum Gasteiger partial charge on any atom is -0.371 e. The van der Waals surface area contributed by atoms with E-state index in [-0.39, 0.29) is 23.8 Å². The number of nitrogens with zero attached hydrogens (tertiary/aromatic N) is 1. The third-order valence-electron chi connectivity index (χ3n) is 3.74. The average molecular weight is 249 g/mol. The predicted octanol–water partition coefficient (Wildman–Crippen LogP) is 2.40. The van der Waals surface area contributed by atoms with E-state index in [0.717, 1.165) is 25.9 Å². The first-order valence-corrected chi connectivity index (χ1v) is 6.34. The van der Waals surface area contributed by atoms with E-state index in [9.17, 15) is 9.18 Å². The SMILES string of the molecule is CC(=O)c1ccc(N2CC3CCC(C2)O3)c(F)c1. The van der Waals surface area contributed by atoms with E-state index in [4.69, 9.17) is 4.74 Å². The van der Waals surface area contributed by atoms with Gasteiger partial charge in [-0.1, -0.05) is 0 Å². The van der Waals surface area contributed by atoms with Gasteiger partial charge in [0.05, 0.1) is 17.9 Å². The second-order valence-corrected chi connectivity index (χ2v) is 5.08. The van der Waals surface area contributed by atoms with Gasteiger partial charge in [-0.3, -0.25) is 4.79 Å². The molecule has 18 heavy (non-hydrogen) atoms. The highest BCUT2D eigenvalue weighted by atomic mass is 19.1. The van der Waals surface area contributed by atoms with Crippen molar-refractivity contribution < 1.29 is 13.9 Å². The smallest absolute Gasteiger partial charge is 0.159 e. The Morgan fingerprint density at radius 1 is 1.33 bits per heavy atom. The molecule has 0 aliphatic carbocycles. The number of Topliss-reactive ketones (excluding diaryl/α,β-unsaturated/α-hetero) is 1. The number of halogens is 1. The van der Waals surface area contributed by atoms with E-state index in [2.05, 4.69) is 0 Å². The number of hydrogen-bond acceptors (Lipinski definition) is 3. The van der Waals surface area contributed by atoms with Crippen molar-refractivity contribution in [2.75, 3.05) is 18.0 Å². The van der Waals surface area contributed by atoms with Crippen LogP contribution in [0.5, 0.6) is 0 Å². The zero-order valence-electron chi connectivity index (χ0n) is 10.4. The van der Waals surface area contributed by atoms with E-state index in [0.29, 0.717) is 11.3 Å². The summed E-state index contributed by atoms with van der Waals surface area (Å²) in [6.45, 7) is 2.93. The molecule has 3 nitrogen and oxygen atoms in total. The summed E-state index contributed by atoms with van der Waals surface area (Å²) in [5, 5.41) is 0. The molecule has 0 radical (unpaired) electrons. The molecular formula is C14H16FNO2. The number of hydrogen-bond donors (Lipinski definition) is 0. The van der Waals surface area contributed by atoms with Crippen molar-refractivity contribution in [3.05, 3.63) is 29.6 Å². The van der Waals surface area contributed by atoms with Gasteiger partial charge in [-0.25, -0.2) is 4.39 Å². The van der Waals surface area contributed by atoms with Crippen LogP contribution in [-0.4, -0.2) is 31.1 Å². The molecule has 2 bridgehead atoms. The maximum atomic E-state index is 14.0. The van der Waals surface area contributed by atoms with Crippen molar-refractivity contribution in [3.8, 4) is 0 Å². The fourth-order valence-electron chi connectivity index (χ4n) is 2.79. The summed E-state index contributed by atoms with van der Waals surface area (Å²) in [6, 6.07) is 4.73. The topological polar surface area (TPSA) is 29.5 Å². The Balaban J connectivity index is 1.86. The highest BCUT2D eigenvalue weighted by molar-refractivity contribution is 5.94. The van der Waals surface area contributed by atoms with E-state index in [1.807, 2.05) is 4.90 Å².